The fraction of sp³-hybridized carbons (Fsp3) is 0.400. The number of fused-ring (bicyclic) bond motifs is 1. The highest BCUT2D eigenvalue weighted by atomic mass is 79.9. The van der Waals surface area contributed by atoms with E-state index in [-0.39, 0.29) is 0 Å². The molecule has 0 radical (unpaired) electrons. The SMILES string of the molecule is CCSc1ccc(-c2nc(Br)n3c2CCCC3)cc1. The van der Waals surface area contributed by atoms with Gasteiger partial charge in [0.25, 0.3) is 0 Å². The first-order valence-corrected chi connectivity index (χ1v) is 8.55. The Balaban J connectivity index is 1.97. The second-order valence-electron chi connectivity index (χ2n) is 4.74. The van der Waals surface area contributed by atoms with Crippen molar-refractivity contribution >= 4 is 27.7 Å². The number of nitrogens with zero attached hydrogens (tertiary/aromatic N) is 2. The summed E-state index contributed by atoms with van der Waals surface area (Å²) in [5.74, 6) is 1.12. The number of halogens is 1. The lowest BCUT2D eigenvalue weighted by molar-refractivity contribution is 0.525. The molecule has 19 heavy (non-hydrogen) atoms. The van der Waals surface area contributed by atoms with Crippen LogP contribution >= 0.6 is 27.7 Å². The Kier molecular flexibility index (Phi) is 3.99. The summed E-state index contributed by atoms with van der Waals surface area (Å²) in [4.78, 5) is 6.04. The summed E-state index contributed by atoms with van der Waals surface area (Å²) in [6, 6.07) is 8.79. The van der Waals surface area contributed by atoms with E-state index in [1.165, 1.54) is 29.0 Å². The zero-order chi connectivity index (χ0) is 13.2. The monoisotopic (exact) mass is 336 g/mol. The van der Waals surface area contributed by atoms with E-state index >= 15 is 0 Å². The van der Waals surface area contributed by atoms with Crippen LogP contribution in [-0.2, 0) is 13.0 Å². The van der Waals surface area contributed by atoms with Crippen LogP contribution in [0.25, 0.3) is 11.3 Å². The molecule has 2 heterocycles. The molecule has 0 atom stereocenters. The second-order valence-corrected chi connectivity index (χ2v) is 6.79. The van der Waals surface area contributed by atoms with Gasteiger partial charge in [0.1, 0.15) is 0 Å². The number of aromatic nitrogens is 2. The molecule has 100 valence electrons. The van der Waals surface area contributed by atoms with Crippen molar-refractivity contribution in [2.45, 2.75) is 37.6 Å². The van der Waals surface area contributed by atoms with Crippen LogP contribution in [-0.4, -0.2) is 15.3 Å². The van der Waals surface area contributed by atoms with Crippen LogP contribution in [0.2, 0.25) is 0 Å². The molecule has 2 aromatic rings. The first kappa shape index (κ1) is 13.3. The van der Waals surface area contributed by atoms with Gasteiger partial charge in [-0.3, -0.25) is 0 Å². The third-order valence-electron chi connectivity index (χ3n) is 3.51. The number of benzene rings is 1. The molecule has 0 aliphatic carbocycles. The van der Waals surface area contributed by atoms with E-state index in [0.717, 1.165) is 29.1 Å². The Bertz CT molecular complexity index is 575. The van der Waals surface area contributed by atoms with Crippen molar-refractivity contribution in [1.29, 1.82) is 0 Å². The summed E-state index contributed by atoms with van der Waals surface area (Å²) in [5.41, 5.74) is 3.77. The van der Waals surface area contributed by atoms with Gasteiger partial charge in [0, 0.05) is 22.7 Å². The molecule has 0 unspecified atom stereocenters. The predicted molar refractivity (Wildman–Crippen MR) is 84.7 cm³/mol. The summed E-state index contributed by atoms with van der Waals surface area (Å²) in [7, 11) is 0. The molecule has 3 rings (SSSR count). The molecule has 0 amide bonds. The Hall–Kier alpha value is -0.740. The minimum absolute atomic E-state index is 0.976. The van der Waals surface area contributed by atoms with Crippen molar-refractivity contribution in [3.8, 4) is 11.3 Å². The van der Waals surface area contributed by atoms with Crippen LogP contribution in [0.3, 0.4) is 0 Å². The summed E-state index contributed by atoms with van der Waals surface area (Å²) in [5, 5.41) is 0. The number of hydrogen-bond acceptors (Lipinski definition) is 2. The largest absolute Gasteiger partial charge is 0.322 e. The van der Waals surface area contributed by atoms with Gasteiger partial charge in [-0.1, -0.05) is 19.1 Å². The van der Waals surface area contributed by atoms with Crippen molar-refractivity contribution in [3.05, 3.63) is 34.7 Å². The zero-order valence-corrected chi connectivity index (χ0v) is 13.4. The van der Waals surface area contributed by atoms with Gasteiger partial charge >= 0.3 is 0 Å². The molecule has 0 saturated heterocycles. The van der Waals surface area contributed by atoms with Gasteiger partial charge in [-0.05, 0) is 53.1 Å². The van der Waals surface area contributed by atoms with Crippen molar-refractivity contribution in [2.75, 3.05) is 5.75 Å². The lowest BCUT2D eigenvalue weighted by Crippen LogP contribution is -2.10. The smallest absolute Gasteiger partial charge is 0.177 e. The summed E-state index contributed by atoms with van der Waals surface area (Å²) < 4.78 is 3.29. The quantitative estimate of drug-likeness (QED) is 0.752. The number of thioether (sulfide) groups is 1. The van der Waals surface area contributed by atoms with E-state index in [4.69, 9.17) is 4.98 Å². The second kappa shape index (κ2) is 5.71. The Morgan fingerprint density at radius 3 is 2.79 bits per heavy atom. The molecule has 0 bridgehead atoms. The van der Waals surface area contributed by atoms with Crippen molar-refractivity contribution < 1.29 is 0 Å². The summed E-state index contributed by atoms with van der Waals surface area (Å²) in [6.07, 6.45) is 3.67. The van der Waals surface area contributed by atoms with Crippen LogP contribution in [0, 0.1) is 0 Å². The highest BCUT2D eigenvalue weighted by molar-refractivity contribution is 9.10. The molecule has 0 fully saturated rings. The maximum atomic E-state index is 4.71. The van der Waals surface area contributed by atoms with E-state index in [1.807, 2.05) is 11.8 Å². The molecule has 1 aliphatic heterocycles. The van der Waals surface area contributed by atoms with Crippen molar-refractivity contribution in [1.82, 2.24) is 9.55 Å². The lowest BCUT2D eigenvalue weighted by atomic mass is 10.0. The minimum atomic E-state index is 0.976. The molecule has 2 nitrogen and oxygen atoms in total. The summed E-state index contributed by atoms with van der Waals surface area (Å²) in [6.45, 7) is 3.27. The van der Waals surface area contributed by atoms with Crippen LogP contribution < -0.4 is 0 Å². The lowest BCUT2D eigenvalue weighted by Gasteiger charge is -2.16. The maximum absolute atomic E-state index is 4.71. The molecular weight excluding hydrogens is 320 g/mol. The fourth-order valence-electron chi connectivity index (χ4n) is 2.61. The molecule has 1 aliphatic rings. The Labute approximate surface area is 126 Å². The average molecular weight is 337 g/mol. The Morgan fingerprint density at radius 2 is 2.05 bits per heavy atom. The van der Waals surface area contributed by atoms with Gasteiger partial charge < -0.3 is 4.57 Å². The average Bonchev–Trinajstić information content (AvgIpc) is 2.78. The van der Waals surface area contributed by atoms with Crippen LogP contribution in [0.1, 0.15) is 25.5 Å². The van der Waals surface area contributed by atoms with Crippen molar-refractivity contribution in [3.63, 3.8) is 0 Å². The first-order valence-electron chi connectivity index (χ1n) is 6.77. The third-order valence-corrected chi connectivity index (χ3v) is 5.01. The number of imidazole rings is 1. The number of hydrogen-bond donors (Lipinski definition) is 0. The predicted octanol–water partition coefficient (Wildman–Crippen LogP) is 4.76. The number of rotatable bonds is 3. The molecule has 4 heteroatoms. The molecule has 0 N–H and O–H groups in total. The van der Waals surface area contributed by atoms with Gasteiger partial charge in [-0.2, -0.15) is 0 Å². The van der Waals surface area contributed by atoms with Crippen LogP contribution in [0.5, 0.6) is 0 Å². The fourth-order valence-corrected chi connectivity index (χ4v) is 3.84. The summed E-state index contributed by atoms with van der Waals surface area (Å²) >= 11 is 5.47. The van der Waals surface area contributed by atoms with Crippen LogP contribution in [0.15, 0.2) is 33.9 Å². The highest BCUT2D eigenvalue weighted by Gasteiger charge is 2.19. The van der Waals surface area contributed by atoms with Gasteiger partial charge in [-0.25, -0.2) is 4.98 Å². The Morgan fingerprint density at radius 1 is 1.26 bits per heavy atom. The molecule has 0 saturated carbocycles. The maximum Gasteiger partial charge on any atom is 0.177 e. The van der Waals surface area contributed by atoms with Gasteiger partial charge in [0.15, 0.2) is 4.73 Å². The molecule has 1 aromatic heterocycles. The van der Waals surface area contributed by atoms with Crippen molar-refractivity contribution in [2.24, 2.45) is 0 Å². The third kappa shape index (κ3) is 2.61. The van der Waals surface area contributed by atoms with Gasteiger partial charge in [0.2, 0.25) is 0 Å². The molecule has 1 aromatic carbocycles. The van der Waals surface area contributed by atoms with Gasteiger partial charge in [0.05, 0.1) is 5.69 Å². The molecular formula is C15H17BrN2S. The molecule has 0 spiro atoms. The van der Waals surface area contributed by atoms with E-state index < -0.39 is 0 Å². The standard InChI is InChI=1S/C15H17BrN2S/c1-2-19-12-8-6-11(7-9-12)14-13-5-3-4-10-18(13)15(16)17-14/h6-9H,2-5,10H2,1H3. The van der Waals surface area contributed by atoms with E-state index in [1.54, 1.807) is 0 Å². The van der Waals surface area contributed by atoms with E-state index in [9.17, 15) is 0 Å². The van der Waals surface area contributed by atoms with Gasteiger partial charge in [-0.15, -0.1) is 11.8 Å². The first-order chi connectivity index (χ1) is 9.29. The normalized spacial score (nSPS) is 14.4. The highest BCUT2D eigenvalue weighted by Crippen LogP contribution is 2.31. The zero-order valence-electron chi connectivity index (χ0n) is 11.0. The van der Waals surface area contributed by atoms with E-state index in [0.29, 0.717) is 0 Å². The minimum Gasteiger partial charge on any atom is -0.322 e. The van der Waals surface area contributed by atoms with E-state index in [2.05, 4.69) is 51.7 Å². The van der Waals surface area contributed by atoms with Crippen LogP contribution in [0.4, 0.5) is 0 Å². The topological polar surface area (TPSA) is 17.8 Å².